The molecule has 2 heteroatoms. The summed E-state index contributed by atoms with van der Waals surface area (Å²) in [5.74, 6) is 0.390. The standard InChI is InChI=1S/C19H23NO/c1-12-7-10-18(13(2)19(12)21)20-14(3)16-9-8-15-5-4-6-17(15)11-16/h7-11,14,20-21H,4-6H2,1-3H3. The Hall–Kier alpha value is -1.96. The second-order valence-electron chi connectivity index (χ2n) is 6.15. The van der Waals surface area contributed by atoms with Crippen molar-refractivity contribution in [3.8, 4) is 5.75 Å². The van der Waals surface area contributed by atoms with Gasteiger partial charge in [-0.3, -0.25) is 0 Å². The molecular weight excluding hydrogens is 258 g/mol. The van der Waals surface area contributed by atoms with Gasteiger partial charge in [-0.15, -0.1) is 0 Å². The summed E-state index contributed by atoms with van der Waals surface area (Å²) in [5.41, 5.74) is 7.17. The number of benzene rings is 2. The molecule has 21 heavy (non-hydrogen) atoms. The zero-order valence-corrected chi connectivity index (χ0v) is 13.0. The van der Waals surface area contributed by atoms with Crippen LogP contribution < -0.4 is 5.32 Å². The minimum atomic E-state index is 0.233. The van der Waals surface area contributed by atoms with Crippen LogP contribution in [0, 0.1) is 13.8 Å². The van der Waals surface area contributed by atoms with Crippen LogP contribution in [0.15, 0.2) is 30.3 Å². The van der Waals surface area contributed by atoms with E-state index in [1.807, 2.05) is 26.0 Å². The van der Waals surface area contributed by atoms with Crippen LogP contribution in [0.3, 0.4) is 0 Å². The van der Waals surface area contributed by atoms with E-state index in [4.69, 9.17) is 0 Å². The summed E-state index contributed by atoms with van der Waals surface area (Å²) in [7, 11) is 0. The predicted octanol–water partition coefficient (Wildman–Crippen LogP) is 4.67. The molecule has 0 aromatic heterocycles. The molecule has 0 spiro atoms. The van der Waals surface area contributed by atoms with Crippen molar-refractivity contribution in [2.24, 2.45) is 0 Å². The van der Waals surface area contributed by atoms with E-state index < -0.39 is 0 Å². The molecule has 1 unspecified atom stereocenters. The molecule has 110 valence electrons. The average molecular weight is 281 g/mol. The fourth-order valence-corrected chi connectivity index (χ4v) is 3.17. The van der Waals surface area contributed by atoms with E-state index in [1.165, 1.54) is 36.0 Å². The van der Waals surface area contributed by atoms with Crippen LogP contribution in [-0.2, 0) is 12.8 Å². The molecule has 2 N–H and O–H groups in total. The molecule has 2 nitrogen and oxygen atoms in total. The highest BCUT2D eigenvalue weighted by molar-refractivity contribution is 5.60. The van der Waals surface area contributed by atoms with Gasteiger partial charge in [-0.1, -0.05) is 24.3 Å². The minimum Gasteiger partial charge on any atom is -0.507 e. The van der Waals surface area contributed by atoms with Gasteiger partial charge in [-0.05, 0) is 68.4 Å². The number of aromatic hydroxyl groups is 1. The quantitative estimate of drug-likeness (QED) is 0.856. The van der Waals surface area contributed by atoms with Crippen LogP contribution in [0.25, 0.3) is 0 Å². The highest BCUT2D eigenvalue weighted by atomic mass is 16.3. The van der Waals surface area contributed by atoms with Gasteiger partial charge in [-0.25, -0.2) is 0 Å². The van der Waals surface area contributed by atoms with E-state index in [0.717, 1.165) is 16.8 Å². The lowest BCUT2D eigenvalue weighted by Crippen LogP contribution is -2.08. The maximum atomic E-state index is 10.1. The van der Waals surface area contributed by atoms with Gasteiger partial charge >= 0.3 is 0 Å². The third-order valence-corrected chi connectivity index (χ3v) is 4.63. The smallest absolute Gasteiger partial charge is 0.123 e. The Morgan fingerprint density at radius 1 is 1.05 bits per heavy atom. The Morgan fingerprint density at radius 2 is 1.81 bits per heavy atom. The second-order valence-corrected chi connectivity index (χ2v) is 6.15. The van der Waals surface area contributed by atoms with Crippen molar-refractivity contribution >= 4 is 5.69 Å². The molecule has 0 fully saturated rings. The van der Waals surface area contributed by atoms with E-state index in [2.05, 4.69) is 30.4 Å². The number of phenolic OH excluding ortho intramolecular Hbond substituents is 1. The van der Waals surface area contributed by atoms with E-state index in [1.54, 1.807) is 0 Å². The summed E-state index contributed by atoms with van der Waals surface area (Å²) in [5, 5.41) is 13.6. The molecule has 2 aromatic carbocycles. The molecule has 0 saturated heterocycles. The number of anilines is 1. The Labute approximate surface area is 126 Å². The molecule has 0 aliphatic heterocycles. The molecule has 2 aromatic rings. The molecule has 3 rings (SSSR count). The number of nitrogens with one attached hydrogen (secondary N) is 1. The lowest BCUT2D eigenvalue weighted by molar-refractivity contribution is 0.467. The van der Waals surface area contributed by atoms with Crippen molar-refractivity contribution < 1.29 is 5.11 Å². The summed E-state index contributed by atoms with van der Waals surface area (Å²) in [6.45, 7) is 6.06. The molecule has 1 atom stereocenters. The summed E-state index contributed by atoms with van der Waals surface area (Å²) in [6, 6.07) is 11.1. The fourth-order valence-electron chi connectivity index (χ4n) is 3.17. The number of hydrogen-bond acceptors (Lipinski definition) is 2. The van der Waals surface area contributed by atoms with Crippen molar-refractivity contribution in [1.29, 1.82) is 0 Å². The maximum Gasteiger partial charge on any atom is 0.123 e. The summed E-state index contributed by atoms with van der Waals surface area (Å²) in [4.78, 5) is 0. The predicted molar refractivity (Wildman–Crippen MR) is 88.1 cm³/mol. The van der Waals surface area contributed by atoms with Gasteiger partial charge in [0.05, 0.1) is 0 Å². The Kier molecular flexibility index (Phi) is 3.62. The summed E-state index contributed by atoms with van der Waals surface area (Å²) in [6.07, 6.45) is 3.72. The molecule has 0 amide bonds. The SMILES string of the molecule is Cc1ccc(NC(C)c2ccc3c(c2)CCC3)c(C)c1O. The van der Waals surface area contributed by atoms with Gasteiger partial charge in [0.1, 0.15) is 5.75 Å². The first-order valence-electron chi connectivity index (χ1n) is 7.73. The third kappa shape index (κ3) is 2.63. The summed E-state index contributed by atoms with van der Waals surface area (Å²) < 4.78 is 0. The second kappa shape index (κ2) is 5.44. The Bertz CT molecular complexity index is 676. The number of phenols is 1. The lowest BCUT2D eigenvalue weighted by Gasteiger charge is -2.19. The molecule has 0 heterocycles. The van der Waals surface area contributed by atoms with Crippen molar-refractivity contribution in [2.75, 3.05) is 5.32 Å². The van der Waals surface area contributed by atoms with Gasteiger partial charge in [0.15, 0.2) is 0 Å². The van der Waals surface area contributed by atoms with Crippen molar-refractivity contribution in [1.82, 2.24) is 0 Å². The maximum absolute atomic E-state index is 10.1. The third-order valence-electron chi connectivity index (χ3n) is 4.63. The average Bonchev–Trinajstić information content (AvgIpc) is 2.95. The largest absolute Gasteiger partial charge is 0.507 e. The fraction of sp³-hybridized carbons (Fsp3) is 0.368. The molecule has 0 radical (unpaired) electrons. The van der Waals surface area contributed by atoms with Gasteiger partial charge in [0, 0.05) is 17.3 Å². The summed E-state index contributed by atoms with van der Waals surface area (Å²) >= 11 is 0. The van der Waals surface area contributed by atoms with Crippen LogP contribution in [0.4, 0.5) is 5.69 Å². The topological polar surface area (TPSA) is 32.3 Å². The van der Waals surface area contributed by atoms with Crippen molar-refractivity contribution in [2.45, 2.75) is 46.1 Å². The molecule has 1 aliphatic rings. The monoisotopic (exact) mass is 281 g/mol. The first-order chi connectivity index (χ1) is 10.1. The van der Waals surface area contributed by atoms with Crippen LogP contribution in [-0.4, -0.2) is 5.11 Å². The highest BCUT2D eigenvalue weighted by Crippen LogP contribution is 2.31. The van der Waals surface area contributed by atoms with Gasteiger partial charge in [0.2, 0.25) is 0 Å². The molecule has 1 aliphatic carbocycles. The van der Waals surface area contributed by atoms with Crippen molar-refractivity contribution in [3.63, 3.8) is 0 Å². The van der Waals surface area contributed by atoms with Crippen LogP contribution in [0.2, 0.25) is 0 Å². The first kappa shape index (κ1) is 14.0. The normalized spacial score (nSPS) is 14.8. The minimum absolute atomic E-state index is 0.233. The van der Waals surface area contributed by atoms with Gasteiger partial charge in [0.25, 0.3) is 0 Å². The Morgan fingerprint density at radius 3 is 2.62 bits per heavy atom. The van der Waals surface area contributed by atoms with Crippen LogP contribution in [0.1, 0.15) is 47.2 Å². The zero-order valence-electron chi connectivity index (χ0n) is 13.0. The van der Waals surface area contributed by atoms with Gasteiger partial charge in [-0.2, -0.15) is 0 Å². The Balaban J connectivity index is 1.83. The molecule has 0 saturated carbocycles. The number of hydrogen-bond donors (Lipinski definition) is 2. The van der Waals surface area contributed by atoms with E-state index >= 15 is 0 Å². The lowest BCUT2D eigenvalue weighted by atomic mass is 10.0. The number of rotatable bonds is 3. The van der Waals surface area contributed by atoms with Crippen LogP contribution in [0.5, 0.6) is 5.75 Å². The zero-order chi connectivity index (χ0) is 15.0. The van der Waals surface area contributed by atoms with E-state index in [-0.39, 0.29) is 6.04 Å². The van der Waals surface area contributed by atoms with Crippen molar-refractivity contribution in [3.05, 3.63) is 58.1 Å². The van der Waals surface area contributed by atoms with Gasteiger partial charge < -0.3 is 10.4 Å². The van der Waals surface area contributed by atoms with Crippen LogP contribution >= 0.6 is 0 Å². The first-order valence-corrected chi connectivity index (χ1v) is 7.73. The number of fused-ring (bicyclic) bond motifs is 1. The van der Waals surface area contributed by atoms with E-state index in [0.29, 0.717) is 5.75 Å². The number of aryl methyl sites for hydroxylation is 3. The molecule has 0 bridgehead atoms. The molecular formula is C19H23NO. The van der Waals surface area contributed by atoms with E-state index in [9.17, 15) is 5.11 Å². The highest BCUT2D eigenvalue weighted by Gasteiger charge is 2.14.